The molecule has 2 aromatic carbocycles. The number of ether oxygens (including phenoxy) is 2. The Hall–Kier alpha value is -2.53. The number of esters is 1. The predicted molar refractivity (Wildman–Crippen MR) is 100 cm³/mol. The van der Waals surface area contributed by atoms with Crippen molar-refractivity contribution >= 4 is 23.5 Å². The summed E-state index contributed by atoms with van der Waals surface area (Å²) in [5.74, 6) is -0.215. The number of aryl methyl sites for hydroxylation is 2. The molecule has 0 saturated heterocycles. The molecule has 1 amide bonds. The molecule has 0 aromatic heterocycles. The summed E-state index contributed by atoms with van der Waals surface area (Å²) in [6.45, 7) is 3.75. The molecule has 0 aliphatic heterocycles. The van der Waals surface area contributed by atoms with Crippen molar-refractivity contribution in [1.82, 2.24) is 4.90 Å². The van der Waals surface area contributed by atoms with Gasteiger partial charge in [0.05, 0.1) is 7.11 Å². The van der Waals surface area contributed by atoms with Crippen molar-refractivity contribution in [3.8, 4) is 5.75 Å². The molecule has 0 aliphatic carbocycles. The molecular formula is C20H22ClNO4. The summed E-state index contributed by atoms with van der Waals surface area (Å²) in [6, 6.07) is 13.0. The summed E-state index contributed by atoms with van der Waals surface area (Å²) in [5.41, 5.74) is 2.68. The molecule has 0 spiro atoms. The van der Waals surface area contributed by atoms with Crippen LogP contribution in [-0.4, -0.2) is 37.0 Å². The molecule has 26 heavy (non-hydrogen) atoms. The molecule has 2 aromatic rings. The van der Waals surface area contributed by atoms with Gasteiger partial charge in [0.25, 0.3) is 5.91 Å². The Morgan fingerprint density at radius 1 is 1.08 bits per heavy atom. The highest BCUT2D eigenvalue weighted by molar-refractivity contribution is 6.32. The van der Waals surface area contributed by atoms with E-state index in [4.69, 9.17) is 16.3 Å². The monoisotopic (exact) mass is 375 g/mol. The summed E-state index contributed by atoms with van der Waals surface area (Å²) >= 11 is 6.14. The number of rotatable bonds is 7. The molecule has 138 valence electrons. The third-order valence-corrected chi connectivity index (χ3v) is 4.49. The van der Waals surface area contributed by atoms with Crippen molar-refractivity contribution in [1.29, 1.82) is 0 Å². The highest BCUT2D eigenvalue weighted by Gasteiger charge is 2.19. The smallest absolute Gasteiger partial charge is 0.325 e. The molecule has 0 heterocycles. The first-order valence-electron chi connectivity index (χ1n) is 8.18. The molecule has 0 fully saturated rings. The van der Waals surface area contributed by atoms with Crippen LogP contribution in [-0.2, 0) is 20.9 Å². The maximum absolute atomic E-state index is 12.6. The minimum Gasteiger partial charge on any atom is -0.484 e. The van der Waals surface area contributed by atoms with Crippen molar-refractivity contribution in [2.24, 2.45) is 0 Å². The molecule has 5 nitrogen and oxygen atoms in total. The van der Waals surface area contributed by atoms with Crippen LogP contribution in [0, 0.1) is 13.8 Å². The largest absolute Gasteiger partial charge is 0.484 e. The average Bonchev–Trinajstić information content (AvgIpc) is 2.64. The van der Waals surface area contributed by atoms with Gasteiger partial charge in [-0.25, -0.2) is 0 Å². The number of hydrogen-bond donors (Lipinski definition) is 0. The number of benzene rings is 2. The maximum Gasteiger partial charge on any atom is 0.325 e. The number of carbonyl (C=O) groups is 2. The minimum absolute atomic E-state index is 0.133. The van der Waals surface area contributed by atoms with Gasteiger partial charge in [-0.15, -0.1) is 0 Å². The van der Waals surface area contributed by atoms with Crippen molar-refractivity contribution < 1.29 is 19.1 Å². The first-order valence-corrected chi connectivity index (χ1v) is 8.56. The summed E-state index contributed by atoms with van der Waals surface area (Å²) < 4.78 is 10.3. The lowest BCUT2D eigenvalue weighted by atomic mass is 10.1. The van der Waals surface area contributed by atoms with Gasteiger partial charge in [-0.2, -0.15) is 0 Å². The SMILES string of the molecule is COC(=O)CN(Cc1ccccc1)C(=O)COc1cc(C)c(Cl)c(C)c1. The van der Waals surface area contributed by atoms with Gasteiger partial charge in [0.1, 0.15) is 12.3 Å². The zero-order valence-electron chi connectivity index (χ0n) is 15.1. The van der Waals surface area contributed by atoms with E-state index in [2.05, 4.69) is 4.74 Å². The van der Waals surface area contributed by atoms with E-state index in [9.17, 15) is 9.59 Å². The predicted octanol–water partition coefficient (Wildman–Crippen LogP) is 3.54. The van der Waals surface area contributed by atoms with E-state index in [0.29, 0.717) is 17.3 Å². The fourth-order valence-electron chi connectivity index (χ4n) is 2.48. The highest BCUT2D eigenvalue weighted by atomic mass is 35.5. The van der Waals surface area contributed by atoms with Gasteiger partial charge in [0, 0.05) is 11.6 Å². The molecule has 0 radical (unpaired) electrons. The molecule has 2 rings (SSSR count). The van der Waals surface area contributed by atoms with Crippen LogP contribution < -0.4 is 4.74 Å². The minimum atomic E-state index is -0.479. The van der Waals surface area contributed by atoms with E-state index >= 15 is 0 Å². The van der Waals surface area contributed by atoms with Gasteiger partial charge in [-0.1, -0.05) is 41.9 Å². The maximum atomic E-state index is 12.6. The lowest BCUT2D eigenvalue weighted by molar-refractivity contribution is -0.148. The number of amides is 1. The second kappa shape index (κ2) is 9.25. The normalized spacial score (nSPS) is 10.3. The Labute approximate surface area is 158 Å². The third-order valence-electron chi connectivity index (χ3n) is 3.89. The standard InChI is InChI=1S/C20H22ClNO4/c1-14-9-17(10-15(2)20(14)21)26-13-18(23)22(12-19(24)25-3)11-16-7-5-4-6-8-16/h4-10H,11-13H2,1-3H3. The highest BCUT2D eigenvalue weighted by Crippen LogP contribution is 2.25. The zero-order valence-corrected chi connectivity index (χ0v) is 15.9. The van der Waals surface area contributed by atoms with E-state index < -0.39 is 5.97 Å². The molecule has 0 atom stereocenters. The number of hydrogen-bond acceptors (Lipinski definition) is 4. The fraction of sp³-hybridized carbons (Fsp3) is 0.300. The third kappa shape index (κ3) is 5.49. The van der Waals surface area contributed by atoms with Gasteiger partial charge < -0.3 is 14.4 Å². The number of nitrogens with zero attached hydrogens (tertiary/aromatic N) is 1. The number of carbonyl (C=O) groups excluding carboxylic acids is 2. The average molecular weight is 376 g/mol. The molecule has 0 bridgehead atoms. The van der Waals surface area contributed by atoms with Crippen molar-refractivity contribution in [3.05, 3.63) is 64.2 Å². The van der Waals surface area contributed by atoms with E-state index in [-0.39, 0.29) is 19.1 Å². The van der Waals surface area contributed by atoms with Crippen LogP contribution >= 0.6 is 11.6 Å². The molecule has 0 N–H and O–H groups in total. The van der Waals surface area contributed by atoms with Crippen LogP contribution in [0.4, 0.5) is 0 Å². The second-order valence-electron chi connectivity index (χ2n) is 5.97. The van der Waals surface area contributed by atoms with Gasteiger partial charge >= 0.3 is 5.97 Å². The Kier molecular flexibility index (Phi) is 7.04. The van der Waals surface area contributed by atoms with Crippen molar-refractivity contribution in [2.45, 2.75) is 20.4 Å². The Morgan fingerprint density at radius 3 is 2.27 bits per heavy atom. The lowest BCUT2D eigenvalue weighted by Crippen LogP contribution is -2.38. The van der Waals surface area contributed by atoms with E-state index in [1.807, 2.05) is 44.2 Å². The number of halogens is 1. The van der Waals surface area contributed by atoms with Crippen molar-refractivity contribution in [3.63, 3.8) is 0 Å². The van der Waals surface area contributed by atoms with Crippen LogP contribution in [0.5, 0.6) is 5.75 Å². The summed E-state index contributed by atoms with van der Waals surface area (Å²) in [5, 5.41) is 0.681. The Morgan fingerprint density at radius 2 is 1.69 bits per heavy atom. The quantitative estimate of drug-likeness (QED) is 0.694. The van der Waals surface area contributed by atoms with Crippen molar-refractivity contribution in [2.75, 3.05) is 20.3 Å². The van der Waals surface area contributed by atoms with Crippen LogP contribution in [0.25, 0.3) is 0 Å². The topological polar surface area (TPSA) is 55.8 Å². The lowest BCUT2D eigenvalue weighted by Gasteiger charge is -2.22. The zero-order chi connectivity index (χ0) is 19.1. The van der Waals surface area contributed by atoms with E-state index in [1.54, 1.807) is 12.1 Å². The van der Waals surface area contributed by atoms with Crippen LogP contribution in [0.15, 0.2) is 42.5 Å². The fourth-order valence-corrected chi connectivity index (χ4v) is 2.59. The van der Waals surface area contributed by atoms with E-state index in [0.717, 1.165) is 16.7 Å². The second-order valence-corrected chi connectivity index (χ2v) is 6.35. The molecule has 0 aliphatic rings. The van der Waals surface area contributed by atoms with Gasteiger partial charge in [0.15, 0.2) is 6.61 Å². The molecule has 6 heteroatoms. The summed E-state index contributed by atoms with van der Waals surface area (Å²) in [6.07, 6.45) is 0. The summed E-state index contributed by atoms with van der Waals surface area (Å²) in [4.78, 5) is 25.6. The Bertz CT molecular complexity index is 754. The number of methoxy groups -OCH3 is 1. The molecule has 0 saturated carbocycles. The molecule has 0 unspecified atom stereocenters. The van der Waals surface area contributed by atoms with Crippen LogP contribution in [0.3, 0.4) is 0 Å². The van der Waals surface area contributed by atoms with E-state index in [1.165, 1.54) is 12.0 Å². The van der Waals surface area contributed by atoms with Gasteiger partial charge in [-0.3, -0.25) is 9.59 Å². The van der Waals surface area contributed by atoms with Crippen LogP contribution in [0.2, 0.25) is 5.02 Å². The molecular weight excluding hydrogens is 354 g/mol. The summed E-state index contributed by atoms with van der Waals surface area (Å²) in [7, 11) is 1.29. The van der Waals surface area contributed by atoms with Gasteiger partial charge in [-0.05, 0) is 42.7 Å². The van der Waals surface area contributed by atoms with Gasteiger partial charge in [0.2, 0.25) is 0 Å². The van der Waals surface area contributed by atoms with Crippen LogP contribution in [0.1, 0.15) is 16.7 Å². The first kappa shape index (κ1) is 19.8. The Balaban J connectivity index is 2.06. The first-order chi connectivity index (χ1) is 12.4.